The number of para-hydroxylation sites is 1. The van der Waals surface area contributed by atoms with Gasteiger partial charge in [-0.05, 0) is 25.0 Å². The summed E-state index contributed by atoms with van der Waals surface area (Å²) >= 11 is 0. The molecule has 0 amide bonds. The second kappa shape index (κ2) is 4.84. The quantitative estimate of drug-likeness (QED) is 0.873. The van der Waals surface area contributed by atoms with Crippen LogP contribution < -0.4 is 5.32 Å². The number of hydrogen-bond donors (Lipinski definition) is 1. The Morgan fingerprint density at radius 3 is 2.94 bits per heavy atom. The molecule has 17 heavy (non-hydrogen) atoms. The zero-order valence-corrected chi connectivity index (χ0v) is 9.97. The Bertz CT molecular complexity index is 485. The Balaban J connectivity index is 1.60. The summed E-state index contributed by atoms with van der Waals surface area (Å²) in [5.74, 6) is 0. The SMILES string of the molecule is c1ccc2c(c1)nnn2CCNC1CCCC1. The number of fused-ring (bicyclic) bond motifs is 1. The molecule has 4 heteroatoms. The topological polar surface area (TPSA) is 42.7 Å². The molecule has 1 aliphatic rings. The van der Waals surface area contributed by atoms with E-state index < -0.39 is 0 Å². The normalized spacial score (nSPS) is 16.9. The van der Waals surface area contributed by atoms with Crippen LogP contribution in [0, 0.1) is 0 Å². The lowest BCUT2D eigenvalue weighted by atomic mass is 10.2. The van der Waals surface area contributed by atoms with Crippen LogP contribution in [0.4, 0.5) is 0 Å². The maximum absolute atomic E-state index is 4.19. The minimum atomic E-state index is 0.727. The van der Waals surface area contributed by atoms with Gasteiger partial charge in [-0.3, -0.25) is 0 Å². The zero-order chi connectivity index (χ0) is 11.5. The number of hydrogen-bond acceptors (Lipinski definition) is 3. The van der Waals surface area contributed by atoms with Crippen molar-refractivity contribution < 1.29 is 0 Å². The average molecular weight is 230 g/mol. The molecule has 0 atom stereocenters. The third-order valence-electron chi connectivity index (χ3n) is 3.53. The van der Waals surface area contributed by atoms with Gasteiger partial charge in [-0.2, -0.15) is 0 Å². The Morgan fingerprint density at radius 1 is 1.24 bits per heavy atom. The molecular formula is C13H18N4. The van der Waals surface area contributed by atoms with E-state index in [0.717, 1.165) is 30.2 Å². The lowest BCUT2D eigenvalue weighted by Gasteiger charge is -2.11. The Labute approximate surface area is 101 Å². The van der Waals surface area contributed by atoms with E-state index in [0.29, 0.717) is 0 Å². The van der Waals surface area contributed by atoms with E-state index in [1.807, 2.05) is 22.9 Å². The van der Waals surface area contributed by atoms with Gasteiger partial charge in [-0.15, -0.1) is 5.10 Å². The molecule has 0 aliphatic heterocycles. The molecule has 0 bridgehead atoms. The number of aromatic nitrogens is 3. The highest BCUT2D eigenvalue weighted by atomic mass is 15.4. The van der Waals surface area contributed by atoms with Gasteiger partial charge in [0.15, 0.2) is 0 Å². The second-order valence-corrected chi connectivity index (χ2v) is 4.74. The first-order valence-electron chi connectivity index (χ1n) is 6.45. The number of benzene rings is 1. The third kappa shape index (κ3) is 2.31. The molecule has 1 N–H and O–H groups in total. The van der Waals surface area contributed by atoms with Gasteiger partial charge in [0.2, 0.25) is 0 Å². The minimum Gasteiger partial charge on any atom is -0.312 e. The van der Waals surface area contributed by atoms with Crippen LogP contribution in [0.25, 0.3) is 11.0 Å². The summed E-state index contributed by atoms with van der Waals surface area (Å²) < 4.78 is 1.98. The third-order valence-corrected chi connectivity index (χ3v) is 3.53. The fourth-order valence-corrected chi connectivity index (χ4v) is 2.59. The molecule has 4 nitrogen and oxygen atoms in total. The summed E-state index contributed by atoms with van der Waals surface area (Å²) in [7, 11) is 0. The Morgan fingerprint density at radius 2 is 2.06 bits per heavy atom. The predicted octanol–water partition coefficient (Wildman–Crippen LogP) is 1.96. The maximum Gasteiger partial charge on any atom is 0.113 e. The van der Waals surface area contributed by atoms with Crippen molar-refractivity contribution in [3.05, 3.63) is 24.3 Å². The van der Waals surface area contributed by atoms with Crippen molar-refractivity contribution in [2.24, 2.45) is 0 Å². The molecule has 1 saturated carbocycles. The van der Waals surface area contributed by atoms with Crippen molar-refractivity contribution in [2.45, 2.75) is 38.3 Å². The van der Waals surface area contributed by atoms with Crippen LogP contribution in [0.5, 0.6) is 0 Å². The summed E-state index contributed by atoms with van der Waals surface area (Å²) in [4.78, 5) is 0. The lowest BCUT2D eigenvalue weighted by Crippen LogP contribution is -2.29. The van der Waals surface area contributed by atoms with Crippen molar-refractivity contribution in [3.8, 4) is 0 Å². The van der Waals surface area contributed by atoms with E-state index in [-0.39, 0.29) is 0 Å². The fraction of sp³-hybridized carbons (Fsp3) is 0.538. The van der Waals surface area contributed by atoms with E-state index in [4.69, 9.17) is 0 Å². The van der Waals surface area contributed by atoms with Gasteiger partial charge >= 0.3 is 0 Å². The maximum atomic E-state index is 4.19. The van der Waals surface area contributed by atoms with E-state index in [1.54, 1.807) is 0 Å². The molecule has 2 aromatic rings. The standard InChI is InChI=1S/C13H18N4/c1-2-6-11(5-1)14-9-10-17-13-8-4-3-7-12(13)15-16-17/h3-4,7-8,11,14H,1-2,5-6,9-10H2. The van der Waals surface area contributed by atoms with Crippen molar-refractivity contribution in [3.63, 3.8) is 0 Å². The molecule has 90 valence electrons. The van der Waals surface area contributed by atoms with Gasteiger partial charge in [-0.25, -0.2) is 4.68 Å². The smallest absolute Gasteiger partial charge is 0.113 e. The predicted molar refractivity (Wildman–Crippen MR) is 67.8 cm³/mol. The van der Waals surface area contributed by atoms with Crippen LogP contribution in [-0.2, 0) is 6.54 Å². The second-order valence-electron chi connectivity index (χ2n) is 4.74. The van der Waals surface area contributed by atoms with E-state index in [2.05, 4.69) is 21.7 Å². The van der Waals surface area contributed by atoms with Gasteiger partial charge in [0.05, 0.1) is 12.1 Å². The molecule has 1 aromatic heterocycles. The minimum absolute atomic E-state index is 0.727. The van der Waals surface area contributed by atoms with Gasteiger partial charge in [-0.1, -0.05) is 30.2 Å². The molecule has 1 aliphatic carbocycles. The number of nitrogens with one attached hydrogen (secondary N) is 1. The van der Waals surface area contributed by atoms with Crippen LogP contribution in [0.1, 0.15) is 25.7 Å². The van der Waals surface area contributed by atoms with Crippen molar-refractivity contribution in [1.82, 2.24) is 20.3 Å². The van der Waals surface area contributed by atoms with Crippen LogP contribution in [-0.4, -0.2) is 27.6 Å². The summed E-state index contributed by atoms with van der Waals surface area (Å²) in [6, 6.07) is 8.84. The molecule has 1 aromatic carbocycles. The zero-order valence-electron chi connectivity index (χ0n) is 9.97. The summed E-state index contributed by atoms with van der Waals surface area (Å²) in [6.07, 6.45) is 5.42. The molecule has 3 rings (SSSR count). The molecule has 0 spiro atoms. The molecule has 0 unspecified atom stereocenters. The molecule has 1 fully saturated rings. The highest BCUT2D eigenvalue weighted by Gasteiger charge is 2.13. The van der Waals surface area contributed by atoms with E-state index in [9.17, 15) is 0 Å². The first-order chi connectivity index (χ1) is 8.43. The van der Waals surface area contributed by atoms with Crippen LogP contribution in [0.15, 0.2) is 24.3 Å². The van der Waals surface area contributed by atoms with Crippen molar-refractivity contribution in [1.29, 1.82) is 0 Å². The average Bonchev–Trinajstić information content (AvgIpc) is 2.99. The highest BCUT2D eigenvalue weighted by Crippen LogP contribution is 2.17. The van der Waals surface area contributed by atoms with Gasteiger partial charge in [0, 0.05) is 12.6 Å². The van der Waals surface area contributed by atoms with E-state index in [1.165, 1.54) is 25.7 Å². The van der Waals surface area contributed by atoms with E-state index >= 15 is 0 Å². The summed E-state index contributed by atoms with van der Waals surface area (Å²) in [5, 5.41) is 11.9. The molecule has 1 heterocycles. The summed E-state index contributed by atoms with van der Waals surface area (Å²) in [5.41, 5.74) is 2.11. The first-order valence-corrected chi connectivity index (χ1v) is 6.45. The molecular weight excluding hydrogens is 212 g/mol. The number of rotatable bonds is 4. The van der Waals surface area contributed by atoms with Gasteiger partial charge < -0.3 is 5.32 Å². The largest absolute Gasteiger partial charge is 0.312 e. The van der Waals surface area contributed by atoms with Gasteiger partial charge in [0.1, 0.15) is 5.52 Å². The lowest BCUT2D eigenvalue weighted by molar-refractivity contribution is 0.480. The van der Waals surface area contributed by atoms with Crippen LogP contribution in [0.2, 0.25) is 0 Å². The molecule has 0 saturated heterocycles. The fourth-order valence-electron chi connectivity index (χ4n) is 2.59. The molecule has 0 radical (unpaired) electrons. The number of nitrogens with zero attached hydrogens (tertiary/aromatic N) is 3. The highest BCUT2D eigenvalue weighted by molar-refractivity contribution is 5.73. The summed E-state index contributed by atoms with van der Waals surface area (Å²) in [6.45, 7) is 1.88. The van der Waals surface area contributed by atoms with Gasteiger partial charge in [0.25, 0.3) is 0 Å². The van der Waals surface area contributed by atoms with Crippen LogP contribution >= 0.6 is 0 Å². The van der Waals surface area contributed by atoms with Crippen molar-refractivity contribution >= 4 is 11.0 Å². The first kappa shape index (κ1) is 10.7. The van der Waals surface area contributed by atoms with Crippen molar-refractivity contribution in [2.75, 3.05) is 6.54 Å². The Kier molecular flexibility index (Phi) is 3.05. The monoisotopic (exact) mass is 230 g/mol. The van der Waals surface area contributed by atoms with Crippen LogP contribution in [0.3, 0.4) is 0 Å². The Hall–Kier alpha value is -1.42.